The molecule has 0 unspecified atom stereocenters. The number of pyridine rings is 2. The minimum absolute atomic E-state index is 0.0500. The van der Waals surface area contributed by atoms with E-state index < -0.39 is 0 Å². The van der Waals surface area contributed by atoms with Crippen LogP contribution in [0.15, 0.2) is 101 Å². The van der Waals surface area contributed by atoms with Gasteiger partial charge in [-0.1, -0.05) is 43.7 Å². The summed E-state index contributed by atoms with van der Waals surface area (Å²) >= 11 is 2.80. The smallest absolute Gasteiger partial charge is 0.275 e. The van der Waals surface area contributed by atoms with Gasteiger partial charge < -0.3 is 9.80 Å². The summed E-state index contributed by atoms with van der Waals surface area (Å²) in [5, 5.41) is 1.88. The van der Waals surface area contributed by atoms with Crippen LogP contribution in [0.4, 0.5) is 11.4 Å². The van der Waals surface area contributed by atoms with Crippen molar-refractivity contribution in [2.24, 2.45) is 0 Å². The molecule has 12 heteroatoms. The number of aryl methyl sites for hydroxylation is 1. The van der Waals surface area contributed by atoms with Crippen LogP contribution in [-0.2, 0) is 6.42 Å². The summed E-state index contributed by atoms with van der Waals surface area (Å²) in [6.07, 6.45) is 8.91. The summed E-state index contributed by atoms with van der Waals surface area (Å²) in [5.74, 6) is 0. The molecule has 2 aromatic carbocycles. The maximum atomic E-state index is 13.1. The topological polar surface area (TPSA) is 102 Å². The van der Waals surface area contributed by atoms with Crippen molar-refractivity contribution in [2.45, 2.75) is 19.8 Å². The van der Waals surface area contributed by atoms with Crippen LogP contribution in [-0.4, -0.2) is 57.3 Å². The van der Waals surface area contributed by atoms with E-state index in [9.17, 15) is 9.59 Å². The minimum atomic E-state index is -0.0612. The fourth-order valence-corrected chi connectivity index (χ4v) is 7.98. The number of hydrogen-bond donors (Lipinski definition) is 0. The first-order valence-electron chi connectivity index (χ1n) is 15.8. The van der Waals surface area contributed by atoms with Crippen molar-refractivity contribution in [3.05, 3.63) is 118 Å². The number of para-hydroxylation sites is 1. The summed E-state index contributed by atoms with van der Waals surface area (Å²) in [7, 11) is 7.92. The quantitative estimate of drug-likeness (QED) is 0.183. The minimum Gasteiger partial charge on any atom is -0.377 e. The van der Waals surface area contributed by atoms with E-state index in [4.69, 9.17) is 0 Å². The maximum Gasteiger partial charge on any atom is 0.275 e. The third kappa shape index (κ3) is 5.83. The molecule has 246 valence electrons. The number of benzene rings is 2. The number of hydrogen-bond acceptors (Lipinski definition) is 10. The Bertz CT molecular complexity index is 2570. The normalized spacial score (nSPS) is 11.3. The third-order valence-electron chi connectivity index (χ3n) is 8.27. The van der Waals surface area contributed by atoms with E-state index in [1.807, 2.05) is 92.6 Å². The Morgan fingerprint density at radius 1 is 0.612 bits per heavy atom. The van der Waals surface area contributed by atoms with Crippen molar-refractivity contribution in [3.63, 3.8) is 0 Å². The molecule has 0 aliphatic rings. The predicted octanol–water partition coefficient (Wildman–Crippen LogP) is 7.08. The molecule has 49 heavy (non-hydrogen) atoms. The highest BCUT2D eigenvalue weighted by Gasteiger charge is 2.18. The first kappa shape index (κ1) is 32.1. The van der Waals surface area contributed by atoms with Crippen LogP contribution in [0.1, 0.15) is 18.9 Å². The zero-order valence-electron chi connectivity index (χ0n) is 27.8. The molecule has 10 nitrogen and oxygen atoms in total. The lowest BCUT2D eigenvalue weighted by Gasteiger charge is -2.13. The molecule has 0 saturated heterocycles. The van der Waals surface area contributed by atoms with Gasteiger partial charge >= 0.3 is 0 Å². The summed E-state index contributed by atoms with van der Waals surface area (Å²) in [6, 6.07) is 21.5. The average molecular weight is 687 g/mol. The van der Waals surface area contributed by atoms with Crippen molar-refractivity contribution < 1.29 is 0 Å². The highest BCUT2D eigenvalue weighted by atomic mass is 32.1. The van der Waals surface area contributed by atoms with Crippen molar-refractivity contribution >= 4 is 74.9 Å². The summed E-state index contributed by atoms with van der Waals surface area (Å²) < 4.78 is 4.46. The van der Waals surface area contributed by atoms with Crippen LogP contribution in [0.3, 0.4) is 0 Å². The summed E-state index contributed by atoms with van der Waals surface area (Å²) in [4.78, 5) is 49.7. The molecule has 0 radical (unpaired) electrons. The summed E-state index contributed by atoms with van der Waals surface area (Å²) in [5.41, 5.74) is 6.30. The van der Waals surface area contributed by atoms with E-state index in [1.54, 1.807) is 34.2 Å². The van der Waals surface area contributed by atoms with E-state index in [-0.39, 0.29) is 11.1 Å². The third-order valence-corrected chi connectivity index (χ3v) is 10.4. The van der Waals surface area contributed by atoms with Gasteiger partial charge in [0, 0.05) is 40.6 Å². The van der Waals surface area contributed by atoms with Gasteiger partial charge in [-0.15, -0.1) is 22.7 Å². The Labute approximate surface area is 290 Å². The Balaban J connectivity index is 0.000000155. The molecule has 6 heterocycles. The fraction of sp³-hybridized carbons (Fsp3) is 0.189. The standard InChI is InChI=1S/C20H20N4OS.C17H14N4OS/c1-4-5-13-6-8-14(9-7-13)24-12-22-17-16-15(23(2)3)10-11-21-19(16)26-18(17)20(24)25;1-20(2)12-8-9-18-16-13(12)14-15(23-16)17(22)21(10-19-14)11-6-4-3-5-7-11/h6-12H,4-5H2,1-3H3;3-10H,1-2H3. The second-order valence-corrected chi connectivity index (χ2v) is 14.0. The second-order valence-electron chi connectivity index (χ2n) is 12.0. The first-order valence-corrected chi connectivity index (χ1v) is 17.5. The number of aromatic nitrogens is 6. The molecule has 0 bridgehead atoms. The van der Waals surface area contributed by atoms with Crippen LogP contribution in [0.25, 0.3) is 52.2 Å². The monoisotopic (exact) mass is 686 g/mol. The Hall–Kier alpha value is -5.46. The van der Waals surface area contributed by atoms with E-state index in [0.717, 1.165) is 67.1 Å². The SMILES string of the molecule is CCCc1ccc(-n2cnc3c(sc4nccc(N(C)C)c43)c2=O)cc1.CN(C)c1ccnc2sc3c(=O)n(-c4ccccc4)cnc3c12. The van der Waals surface area contributed by atoms with E-state index in [0.29, 0.717) is 9.40 Å². The van der Waals surface area contributed by atoms with Crippen LogP contribution < -0.4 is 20.9 Å². The molecule has 0 saturated carbocycles. The van der Waals surface area contributed by atoms with Gasteiger partial charge in [-0.2, -0.15) is 0 Å². The van der Waals surface area contributed by atoms with Crippen LogP contribution in [0.2, 0.25) is 0 Å². The summed E-state index contributed by atoms with van der Waals surface area (Å²) in [6.45, 7) is 2.16. The Morgan fingerprint density at radius 2 is 1.08 bits per heavy atom. The number of anilines is 2. The van der Waals surface area contributed by atoms with Crippen molar-refractivity contribution in [1.82, 2.24) is 29.1 Å². The van der Waals surface area contributed by atoms with Crippen LogP contribution >= 0.6 is 22.7 Å². The van der Waals surface area contributed by atoms with Gasteiger partial charge in [-0.25, -0.2) is 19.9 Å². The zero-order valence-corrected chi connectivity index (χ0v) is 29.4. The Morgan fingerprint density at radius 3 is 1.53 bits per heavy atom. The largest absolute Gasteiger partial charge is 0.377 e. The molecule has 0 aliphatic carbocycles. The average Bonchev–Trinajstić information content (AvgIpc) is 3.70. The number of thiophene rings is 2. The molecule has 8 rings (SSSR count). The zero-order chi connectivity index (χ0) is 34.2. The van der Waals surface area contributed by atoms with Crippen molar-refractivity contribution in [2.75, 3.05) is 38.0 Å². The van der Waals surface area contributed by atoms with Gasteiger partial charge in [0.05, 0.1) is 44.6 Å². The van der Waals surface area contributed by atoms with E-state index in [2.05, 4.69) is 39.0 Å². The van der Waals surface area contributed by atoms with Gasteiger partial charge in [0.15, 0.2) is 0 Å². The Kier molecular flexibility index (Phi) is 8.66. The van der Waals surface area contributed by atoms with Gasteiger partial charge in [0.1, 0.15) is 31.7 Å². The molecular formula is C37H34N8O2S2. The van der Waals surface area contributed by atoms with E-state index >= 15 is 0 Å². The lowest BCUT2D eigenvalue weighted by molar-refractivity contribution is 0.916. The van der Waals surface area contributed by atoms with Gasteiger partial charge in [-0.05, 0) is 48.4 Å². The first-order chi connectivity index (χ1) is 23.8. The molecule has 0 fully saturated rings. The second kappa shape index (κ2) is 13.2. The van der Waals surface area contributed by atoms with Crippen molar-refractivity contribution in [1.29, 1.82) is 0 Å². The van der Waals surface area contributed by atoms with Crippen LogP contribution in [0, 0.1) is 0 Å². The number of rotatable bonds is 6. The molecule has 0 N–H and O–H groups in total. The molecule has 0 amide bonds. The molecule has 0 aliphatic heterocycles. The molecule has 0 spiro atoms. The van der Waals surface area contributed by atoms with Gasteiger partial charge in [-0.3, -0.25) is 18.7 Å². The van der Waals surface area contributed by atoms with Gasteiger partial charge in [0.25, 0.3) is 11.1 Å². The van der Waals surface area contributed by atoms with Crippen LogP contribution in [0.5, 0.6) is 0 Å². The molecule has 0 atom stereocenters. The molecular weight excluding hydrogens is 653 g/mol. The maximum absolute atomic E-state index is 13.1. The van der Waals surface area contributed by atoms with Gasteiger partial charge in [0.2, 0.25) is 0 Å². The highest BCUT2D eigenvalue weighted by molar-refractivity contribution is 7.25. The number of fused-ring (bicyclic) bond motifs is 6. The lowest BCUT2D eigenvalue weighted by Crippen LogP contribution is -2.17. The van der Waals surface area contributed by atoms with Crippen molar-refractivity contribution in [3.8, 4) is 11.4 Å². The predicted molar refractivity (Wildman–Crippen MR) is 204 cm³/mol. The lowest BCUT2D eigenvalue weighted by atomic mass is 10.1. The fourth-order valence-electron chi connectivity index (χ4n) is 5.89. The molecule has 6 aromatic heterocycles. The number of nitrogens with zero attached hydrogens (tertiary/aromatic N) is 8. The highest BCUT2D eigenvalue weighted by Crippen LogP contribution is 2.36. The van der Waals surface area contributed by atoms with E-state index in [1.165, 1.54) is 28.2 Å². The molecule has 8 aromatic rings.